The van der Waals surface area contributed by atoms with Gasteiger partial charge in [0.2, 0.25) is 0 Å². The topological polar surface area (TPSA) is 35.0 Å². The molecule has 1 rings (SSSR count). The molecule has 0 bridgehead atoms. The summed E-state index contributed by atoms with van der Waals surface area (Å²) in [4.78, 5) is 8.32. The quantitative estimate of drug-likeness (QED) is 0.603. The number of rotatable bonds is 4. The van der Waals surface area contributed by atoms with Crippen molar-refractivity contribution in [2.45, 2.75) is 26.4 Å². The van der Waals surface area contributed by atoms with Gasteiger partial charge >= 0.3 is 0 Å². The average molecular weight is 361 g/mol. The van der Waals surface area contributed by atoms with Crippen LogP contribution in [0.4, 0.5) is 0 Å². The standard InChI is InChI=1S/C9H11Cl2IN2O/c1-3-5(15-4-2)9-13-7(10)6(12)8(11)14-9/h5H,3-4H2,1-2H3. The Kier molecular flexibility index (Phi) is 5.52. The summed E-state index contributed by atoms with van der Waals surface area (Å²) in [5.74, 6) is 0.551. The zero-order valence-corrected chi connectivity index (χ0v) is 12.1. The lowest BCUT2D eigenvalue weighted by atomic mass is 10.2. The molecule has 1 heterocycles. The van der Waals surface area contributed by atoms with E-state index in [1.165, 1.54) is 0 Å². The molecule has 15 heavy (non-hydrogen) atoms. The van der Waals surface area contributed by atoms with E-state index in [-0.39, 0.29) is 6.10 Å². The predicted molar refractivity (Wildman–Crippen MR) is 69.4 cm³/mol. The zero-order chi connectivity index (χ0) is 11.4. The van der Waals surface area contributed by atoms with Crippen LogP contribution in [0.25, 0.3) is 0 Å². The fraction of sp³-hybridized carbons (Fsp3) is 0.556. The molecule has 1 aromatic heterocycles. The summed E-state index contributed by atoms with van der Waals surface area (Å²) in [5.41, 5.74) is 0. The highest BCUT2D eigenvalue weighted by molar-refractivity contribution is 14.1. The highest BCUT2D eigenvalue weighted by atomic mass is 127. The lowest BCUT2D eigenvalue weighted by Gasteiger charge is -2.14. The summed E-state index contributed by atoms with van der Waals surface area (Å²) in [5, 5.41) is 0.757. The van der Waals surface area contributed by atoms with Crippen LogP contribution in [0, 0.1) is 3.57 Å². The summed E-state index contributed by atoms with van der Waals surface area (Å²) < 4.78 is 6.15. The van der Waals surface area contributed by atoms with Crippen molar-refractivity contribution in [1.29, 1.82) is 0 Å². The van der Waals surface area contributed by atoms with Gasteiger partial charge in [-0.1, -0.05) is 30.1 Å². The molecule has 0 aliphatic rings. The summed E-state index contributed by atoms with van der Waals surface area (Å²) in [6.45, 7) is 4.55. The van der Waals surface area contributed by atoms with E-state index in [1.54, 1.807) is 0 Å². The Morgan fingerprint density at radius 1 is 1.27 bits per heavy atom. The van der Waals surface area contributed by atoms with E-state index in [1.807, 2.05) is 36.4 Å². The Hall–Kier alpha value is 0.350. The first-order chi connectivity index (χ1) is 7.10. The summed E-state index contributed by atoms with van der Waals surface area (Å²) in [6.07, 6.45) is 0.656. The number of aromatic nitrogens is 2. The van der Waals surface area contributed by atoms with E-state index in [0.29, 0.717) is 26.3 Å². The van der Waals surface area contributed by atoms with Gasteiger partial charge in [0.05, 0.1) is 3.57 Å². The van der Waals surface area contributed by atoms with Crippen molar-refractivity contribution in [2.24, 2.45) is 0 Å². The van der Waals surface area contributed by atoms with Gasteiger partial charge in [-0.25, -0.2) is 9.97 Å². The number of hydrogen-bond donors (Lipinski definition) is 0. The maximum Gasteiger partial charge on any atom is 0.160 e. The van der Waals surface area contributed by atoms with E-state index in [2.05, 4.69) is 9.97 Å². The molecule has 0 saturated carbocycles. The molecule has 1 unspecified atom stereocenters. The molecule has 3 nitrogen and oxygen atoms in total. The minimum absolute atomic E-state index is 0.137. The molecule has 84 valence electrons. The van der Waals surface area contributed by atoms with Crippen molar-refractivity contribution in [3.63, 3.8) is 0 Å². The van der Waals surface area contributed by atoms with Crippen LogP contribution in [0.5, 0.6) is 0 Å². The maximum atomic E-state index is 5.92. The van der Waals surface area contributed by atoms with Crippen LogP contribution in [0.1, 0.15) is 32.2 Å². The van der Waals surface area contributed by atoms with Crippen LogP contribution in [-0.2, 0) is 4.74 Å². The van der Waals surface area contributed by atoms with Crippen LogP contribution in [-0.4, -0.2) is 16.6 Å². The van der Waals surface area contributed by atoms with E-state index in [9.17, 15) is 0 Å². The first kappa shape index (κ1) is 13.4. The number of halogens is 3. The Morgan fingerprint density at radius 3 is 2.20 bits per heavy atom. The second-order valence-electron chi connectivity index (χ2n) is 2.83. The normalized spacial score (nSPS) is 12.9. The zero-order valence-electron chi connectivity index (χ0n) is 8.43. The second-order valence-corrected chi connectivity index (χ2v) is 4.62. The molecule has 0 saturated heterocycles. The van der Waals surface area contributed by atoms with Crippen molar-refractivity contribution in [3.05, 3.63) is 19.7 Å². The molecule has 0 aliphatic heterocycles. The average Bonchev–Trinajstić information content (AvgIpc) is 2.22. The summed E-state index contributed by atoms with van der Waals surface area (Å²) in [6, 6.07) is 0. The van der Waals surface area contributed by atoms with Gasteiger partial charge in [0.25, 0.3) is 0 Å². The molecule has 6 heteroatoms. The van der Waals surface area contributed by atoms with Gasteiger partial charge in [0.1, 0.15) is 16.4 Å². The molecule has 1 atom stereocenters. The van der Waals surface area contributed by atoms with Crippen molar-refractivity contribution in [3.8, 4) is 0 Å². The van der Waals surface area contributed by atoms with Crippen LogP contribution in [0.3, 0.4) is 0 Å². The van der Waals surface area contributed by atoms with Gasteiger partial charge in [0, 0.05) is 6.61 Å². The monoisotopic (exact) mass is 360 g/mol. The third-order valence-corrected chi connectivity index (χ3v) is 4.02. The largest absolute Gasteiger partial charge is 0.371 e. The molecule has 1 aromatic rings. The Balaban J connectivity index is 3.03. The van der Waals surface area contributed by atoms with Gasteiger partial charge in [-0.05, 0) is 35.9 Å². The lowest BCUT2D eigenvalue weighted by molar-refractivity contribution is 0.0534. The minimum Gasteiger partial charge on any atom is -0.371 e. The first-order valence-electron chi connectivity index (χ1n) is 4.60. The maximum absolute atomic E-state index is 5.92. The third kappa shape index (κ3) is 3.41. The number of ether oxygens (including phenoxy) is 1. The van der Waals surface area contributed by atoms with Gasteiger partial charge in [0.15, 0.2) is 5.82 Å². The van der Waals surface area contributed by atoms with Gasteiger partial charge in [-0.15, -0.1) is 0 Å². The van der Waals surface area contributed by atoms with Crippen molar-refractivity contribution < 1.29 is 4.74 Å². The number of nitrogens with zero attached hydrogens (tertiary/aromatic N) is 2. The van der Waals surface area contributed by atoms with Crippen LogP contribution in [0.15, 0.2) is 0 Å². The molecular weight excluding hydrogens is 350 g/mol. The minimum atomic E-state index is -0.137. The predicted octanol–water partition coefficient (Wildman–Crippen LogP) is 3.88. The van der Waals surface area contributed by atoms with E-state index >= 15 is 0 Å². The molecule has 0 N–H and O–H groups in total. The Labute approximate surface area is 113 Å². The highest BCUT2D eigenvalue weighted by Crippen LogP contribution is 2.26. The van der Waals surface area contributed by atoms with Gasteiger partial charge in [-0.3, -0.25) is 0 Å². The van der Waals surface area contributed by atoms with Crippen molar-refractivity contribution >= 4 is 45.8 Å². The molecule has 0 radical (unpaired) electrons. The van der Waals surface area contributed by atoms with Crippen LogP contribution < -0.4 is 0 Å². The third-order valence-electron chi connectivity index (χ3n) is 1.81. The fourth-order valence-corrected chi connectivity index (χ4v) is 1.77. The first-order valence-corrected chi connectivity index (χ1v) is 6.43. The SMILES string of the molecule is CCOC(CC)c1nc(Cl)c(I)c(Cl)n1. The molecule has 0 amide bonds. The van der Waals surface area contributed by atoms with Crippen LogP contribution in [0.2, 0.25) is 10.3 Å². The Morgan fingerprint density at radius 2 is 1.80 bits per heavy atom. The fourth-order valence-electron chi connectivity index (χ4n) is 1.13. The van der Waals surface area contributed by atoms with Gasteiger partial charge < -0.3 is 4.74 Å². The molecular formula is C9H11Cl2IN2O. The molecule has 0 aromatic carbocycles. The van der Waals surface area contributed by atoms with Crippen molar-refractivity contribution in [2.75, 3.05) is 6.61 Å². The lowest BCUT2D eigenvalue weighted by Crippen LogP contribution is -2.09. The van der Waals surface area contributed by atoms with E-state index < -0.39 is 0 Å². The van der Waals surface area contributed by atoms with E-state index in [4.69, 9.17) is 27.9 Å². The summed E-state index contributed by atoms with van der Waals surface area (Å²) in [7, 11) is 0. The van der Waals surface area contributed by atoms with Gasteiger partial charge in [-0.2, -0.15) is 0 Å². The molecule has 0 aliphatic carbocycles. The number of hydrogen-bond acceptors (Lipinski definition) is 3. The summed E-state index contributed by atoms with van der Waals surface area (Å²) >= 11 is 13.9. The Bertz CT molecular complexity index is 326. The van der Waals surface area contributed by atoms with Crippen molar-refractivity contribution in [1.82, 2.24) is 9.97 Å². The molecule has 0 fully saturated rings. The van der Waals surface area contributed by atoms with Crippen LogP contribution >= 0.6 is 45.8 Å². The smallest absolute Gasteiger partial charge is 0.160 e. The highest BCUT2D eigenvalue weighted by Gasteiger charge is 2.16. The van der Waals surface area contributed by atoms with E-state index in [0.717, 1.165) is 6.42 Å². The molecule has 0 spiro atoms. The second kappa shape index (κ2) is 6.18.